The minimum Gasteiger partial charge on any atom is -0.304 e. The van der Waals surface area contributed by atoms with E-state index in [0.29, 0.717) is 6.54 Å². The van der Waals surface area contributed by atoms with Crippen LogP contribution in [0.3, 0.4) is 0 Å². The van der Waals surface area contributed by atoms with Crippen molar-refractivity contribution in [2.75, 3.05) is 5.75 Å². The lowest BCUT2D eigenvalue weighted by Crippen LogP contribution is -2.29. The molecule has 6 heteroatoms. The summed E-state index contributed by atoms with van der Waals surface area (Å²) < 4.78 is 23.1. The van der Waals surface area contributed by atoms with Gasteiger partial charge in [-0.15, -0.1) is 0 Å². The molecular formula is C10H11BrN2O2S. The monoisotopic (exact) mass is 302 g/mol. The first-order valence-electron chi connectivity index (χ1n) is 4.81. The Morgan fingerprint density at radius 2 is 2.31 bits per heavy atom. The Labute approximate surface area is 103 Å². The Morgan fingerprint density at radius 3 is 2.94 bits per heavy atom. The third kappa shape index (κ3) is 3.13. The molecule has 1 N–H and O–H groups in total. The summed E-state index contributed by atoms with van der Waals surface area (Å²) in [6.07, 6.45) is 1.67. The van der Waals surface area contributed by atoms with Crippen molar-refractivity contribution < 1.29 is 8.42 Å². The van der Waals surface area contributed by atoms with Crippen LogP contribution in [0.4, 0.5) is 0 Å². The van der Waals surface area contributed by atoms with Crippen molar-refractivity contribution >= 4 is 25.8 Å². The predicted octanol–water partition coefficient (Wildman–Crippen LogP) is 1.24. The number of nitrogens with one attached hydrogen (secondary N) is 1. The average molecular weight is 303 g/mol. The van der Waals surface area contributed by atoms with Crippen molar-refractivity contribution in [3.8, 4) is 0 Å². The number of rotatable bonds is 3. The zero-order valence-electron chi connectivity index (χ0n) is 8.43. The van der Waals surface area contributed by atoms with Gasteiger partial charge in [-0.3, -0.25) is 0 Å². The smallest absolute Gasteiger partial charge is 0.173 e. The standard InChI is InChI=1S/C10H11BrN2O2S/c11-10-3-1-2-8(13-10)6-12-9-4-5-16(14,15)7-9/h1-5,9,12H,6-7H2. The van der Waals surface area contributed by atoms with Crippen molar-refractivity contribution in [3.63, 3.8) is 0 Å². The lowest BCUT2D eigenvalue weighted by atomic mass is 10.3. The molecule has 1 aromatic rings. The molecular weight excluding hydrogens is 292 g/mol. The van der Waals surface area contributed by atoms with E-state index in [1.54, 1.807) is 6.08 Å². The van der Waals surface area contributed by atoms with Crippen LogP contribution in [0.15, 0.2) is 34.3 Å². The summed E-state index contributed by atoms with van der Waals surface area (Å²) in [6, 6.07) is 5.54. The topological polar surface area (TPSA) is 59.1 Å². The van der Waals surface area contributed by atoms with Crippen LogP contribution in [0, 0.1) is 0 Å². The second kappa shape index (κ2) is 4.65. The van der Waals surface area contributed by atoms with E-state index in [9.17, 15) is 8.42 Å². The van der Waals surface area contributed by atoms with E-state index in [0.717, 1.165) is 10.3 Å². The van der Waals surface area contributed by atoms with Gasteiger partial charge in [0.2, 0.25) is 0 Å². The highest BCUT2D eigenvalue weighted by Crippen LogP contribution is 2.10. The number of pyridine rings is 1. The van der Waals surface area contributed by atoms with E-state index >= 15 is 0 Å². The minimum atomic E-state index is -2.98. The van der Waals surface area contributed by atoms with E-state index in [1.807, 2.05) is 18.2 Å². The molecule has 0 radical (unpaired) electrons. The van der Waals surface area contributed by atoms with Gasteiger partial charge in [-0.1, -0.05) is 12.1 Å². The number of hydrogen-bond acceptors (Lipinski definition) is 4. The summed E-state index contributed by atoms with van der Waals surface area (Å²) in [7, 11) is -2.98. The van der Waals surface area contributed by atoms with E-state index in [4.69, 9.17) is 0 Å². The number of halogens is 1. The first kappa shape index (κ1) is 11.8. The highest BCUT2D eigenvalue weighted by molar-refractivity contribution is 9.10. The molecule has 1 aliphatic heterocycles. The van der Waals surface area contributed by atoms with Crippen LogP contribution in [-0.4, -0.2) is 25.2 Å². The molecule has 16 heavy (non-hydrogen) atoms. The highest BCUT2D eigenvalue weighted by Gasteiger charge is 2.20. The van der Waals surface area contributed by atoms with Crippen LogP contribution in [0.25, 0.3) is 0 Å². The molecule has 0 aromatic carbocycles. The molecule has 1 unspecified atom stereocenters. The molecule has 4 nitrogen and oxygen atoms in total. The first-order valence-corrected chi connectivity index (χ1v) is 7.32. The van der Waals surface area contributed by atoms with Gasteiger partial charge in [0.25, 0.3) is 0 Å². The van der Waals surface area contributed by atoms with Crippen LogP contribution in [0.1, 0.15) is 5.69 Å². The summed E-state index contributed by atoms with van der Waals surface area (Å²) in [6.45, 7) is 0.559. The quantitative estimate of drug-likeness (QED) is 0.854. The van der Waals surface area contributed by atoms with Crippen molar-refractivity contribution in [2.24, 2.45) is 0 Å². The molecule has 2 rings (SSSR count). The second-order valence-electron chi connectivity index (χ2n) is 3.60. The van der Waals surface area contributed by atoms with Gasteiger partial charge in [0.1, 0.15) is 4.60 Å². The predicted molar refractivity (Wildman–Crippen MR) is 65.5 cm³/mol. The van der Waals surface area contributed by atoms with Gasteiger partial charge in [-0.05, 0) is 28.1 Å². The largest absolute Gasteiger partial charge is 0.304 e. The van der Waals surface area contributed by atoms with Crippen molar-refractivity contribution in [2.45, 2.75) is 12.6 Å². The zero-order chi connectivity index (χ0) is 11.6. The Morgan fingerprint density at radius 1 is 1.50 bits per heavy atom. The fraction of sp³-hybridized carbons (Fsp3) is 0.300. The van der Waals surface area contributed by atoms with Crippen LogP contribution in [-0.2, 0) is 16.4 Å². The number of sulfone groups is 1. The number of hydrogen-bond donors (Lipinski definition) is 1. The maximum atomic E-state index is 11.2. The van der Waals surface area contributed by atoms with Crippen molar-refractivity contribution in [1.82, 2.24) is 10.3 Å². The van der Waals surface area contributed by atoms with Gasteiger partial charge < -0.3 is 5.32 Å². The maximum absolute atomic E-state index is 11.2. The number of nitrogens with zero attached hydrogens (tertiary/aromatic N) is 1. The maximum Gasteiger partial charge on any atom is 0.173 e. The van der Waals surface area contributed by atoms with Gasteiger partial charge >= 0.3 is 0 Å². The molecule has 0 fully saturated rings. The zero-order valence-corrected chi connectivity index (χ0v) is 10.8. The Balaban J connectivity index is 1.92. The summed E-state index contributed by atoms with van der Waals surface area (Å²) in [5.74, 6) is 0.140. The highest BCUT2D eigenvalue weighted by atomic mass is 79.9. The Kier molecular flexibility index (Phi) is 3.41. The van der Waals surface area contributed by atoms with Gasteiger partial charge in [0, 0.05) is 18.0 Å². The van der Waals surface area contributed by atoms with Crippen molar-refractivity contribution in [3.05, 3.63) is 40.0 Å². The molecule has 0 aliphatic carbocycles. The SMILES string of the molecule is O=S1(=O)C=CC(NCc2cccc(Br)n2)C1. The third-order valence-electron chi connectivity index (χ3n) is 2.25. The van der Waals surface area contributed by atoms with Gasteiger partial charge in [-0.2, -0.15) is 0 Å². The summed E-state index contributed by atoms with van der Waals surface area (Å²) in [4.78, 5) is 4.25. The fourth-order valence-corrected chi connectivity index (χ4v) is 3.14. The molecule has 1 aliphatic rings. The van der Waals surface area contributed by atoms with E-state index in [-0.39, 0.29) is 11.8 Å². The summed E-state index contributed by atoms with van der Waals surface area (Å²) in [5.41, 5.74) is 0.882. The lowest BCUT2D eigenvalue weighted by Gasteiger charge is -2.09. The fourth-order valence-electron chi connectivity index (χ4n) is 1.49. The van der Waals surface area contributed by atoms with Gasteiger partial charge in [-0.25, -0.2) is 13.4 Å². The van der Waals surface area contributed by atoms with E-state index < -0.39 is 9.84 Å². The first-order chi connectivity index (χ1) is 7.55. The summed E-state index contributed by atoms with van der Waals surface area (Å²) >= 11 is 3.28. The molecule has 0 saturated heterocycles. The van der Waals surface area contributed by atoms with Crippen LogP contribution >= 0.6 is 15.9 Å². The second-order valence-corrected chi connectivity index (χ2v) is 6.34. The molecule has 0 amide bonds. The molecule has 1 aromatic heterocycles. The average Bonchev–Trinajstić information content (AvgIpc) is 2.56. The molecule has 0 spiro atoms. The Hall–Kier alpha value is -0.720. The Bertz CT molecular complexity index is 513. The van der Waals surface area contributed by atoms with Crippen LogP contribution in [0.5, 0.6) is 0 Å². The normalized spacial score (nSPS) is 22.4. The third-order valence-corrected chi connectivity index (χ3v) is 4.09. The van der Waals surface area contributed by atoms with E-state index in [2.05, 4.69) is 26.2 Å². The molecule has 1 atom stereocenters. The molecule has 2 heterocycles. The van der Waals surface area contributed by atoms with Crippen LogP contribution in [0.2, 0.25) is 0 Å². The molecule has 86 valence electrons. The molecule has 0 bridgehead atoms. The lowest BCUT2D eigenvalue weighted by molar-refractivity contribution is 0.588. The number of aromatic nitrogens is 1. The van der Waals surface area contributed by atoms with Crippen molar-refractivity contribution in [1.29, 1.82) is 0 Å². The summed E-state index contributed by atoms with van der Waals surface area (Å²) in [5, 5.41) is 4.39. The van der Waals surface area contributed by atoms with Gasteiger partial charge in [0.05, 0.1) is 11.4 Å². The molecule has 0 saturated carbocycles. The minimum absolute atomic E-state index is 0.106. The van der Waals surface area contributed by atoms with E-state index in [1.165, 1.54) is 5.41 Å². The van der Waals surface area contributed by atoms with Crippen LogP contribution < -0.4 is 5.32 Å². The van der Waals surface area contributed by atoms with Gasteiger partial charge in [0.15, 0.2) is 9.84 Å².